The van der Waals surface area contributed by atoms with Gasteiger partial charge in [0.15, 0.2) is 0 Å². The molecule has 0 atom stereocenters. The maximum Gasteiger partial charge on any atom is 0.249 e. The molecular weight excluding hydrogens is 234 g/mol. The van der Waals surface area contributed by atoms with Crippen molar-refractivity contribution in [1.82, 2.24) is 4.98 Å². The molecule has 1 heterocycles. The van der Waals surface area contributed by atoms with Crippen LogP contribution in [-0.2, 0) is 0 Å². The highest BCUT2D eigenvalue weighted by Crippen LogP contribution is 2.31. The third kappa shape index (κ3) is 2.76. The van der Waals surface area contributed by atoms with E-state index in [1.54, 1.807) is 30.6 Å². The van der Waals surface area contributed by atoms with Crippen LogP contribution in [-0.4, -0.2) is 10.9 Å². The fourth-order valence-corrected chi connectivity index (χ4v) is 2.35. The second-order valence-electron chi connectivity index (χ2n) is 3.40. The van der Waals surface area contributed by atoms with E-state index in [0.29, 0.717) is 11.3 Å². The summed E-state index contributed by atoms with van der Waals surface area (Å²) in [5.41, 5.74) is 12.1. The summed E-state index contributed by atoms with van der Waals surface area (Å²) in [6, 6.07) is 8.76. The number of nitrogens with zero attached hydrogens (tertiary/aromatic N) is 1. The molecule has 1 amide bonds. The SMILES string of the molecule is NC(=O)c1ccc(N)cc1Sc1ccncc1. The van der Waals surface area contributed by atoms with E-state index in [0.717, 1.165) is 9.79 Å². The molecule has 0 bridgehead atoms. The number of aromatic nitrogens is 1. The van der Waals surface area contributed by atoms with Crippen molar-refractivity contribution in [3.63, 3.8) is 0 Å². The maximum atomic E-state index is 11.3. The number of amides is 1. The largest absolute Gasteiger partial charge is 0.399 e. The second kappa shape index (κ2) is 4.88. The van der Waals surface area contributed by atoms with Crippen molar-refractivity contribution < 1.29 is 4.79 Å². The minimum absolute atomic E-state index is 0.457. The van der Waals surface area contributed by atoms with Gasteiger partial charge in [-0.3, -0.25) is 9.78 Å². The number of anilines is 1. The highest BCUT2D eigenvalue weighted by Gasteiger charge is 2.09. The van der Waals surface area contributed by atoms with Gasteiger partial charge in [0.25, 0.3) is 0 Å². The fraction of sp³-hybridized carbons (Fsp3) is 0. The van der Waals surface area contributed by atoms with Gasteiger partial charge < -0.3 is 11.5 Å². The standard InChI is InChI=1S/C12H11N3OS/c13-8-1-2-10(12(14)16)11(7-8)17-9-3-5-15-6-4-9/h1-7H,13H2,(H2,14,16). The molecule has 4 N–H and O–H groups in total. The lowest BCUT2D eigenvalue weighted by atomic mass is 10.2. The first-order valence-corrected chi connectivity index (χ1v) is 5.75. The molecule has 0 aliphatic carbocycles. The first kappa shape index (κ1) is 11.5. The molecule has 0 aliphatic rings. The summed E-state index contributed by atoms with van der Waals surface area (Å²) in [5, 5.41) is 0. The lowest BCUT2D eigenvalue weighted by Gasteiger charge is -2.07. The van der Waals surface area contributed by atoms with Gasteiger partial charge in [0, 0.05) is 27.9 Å². The zero-order chi connectivity index (χ0) is 12.3. The Bertz CT molecular complexity index is 543. The summed E-state index contributed by atoms with van der Waals surface area (Å²) in [7, 11) is 0. The number of benzene rings is 1. The molecule has 17 heavy (non-hydrogen) atoms. The number of primary amides is 1. The minimum atomic E-state index is -0.457. The molecule has 86 valence electrons. The molecule has 2 rings (SSSR count). The normalized spacial score (nSPS) is 10.1. The predicted octanol–water partition coefficient (Wildman–Crippen LogP) is 1.91. The Balaban J connectivity index is 2.37. The lowest BCUT2D eigenvalue weighted by molar-refractivity contribution is 0.0997. The van der Waals surface area contributed by atoms with Crippen LogP contribution in [0.3, 0.4) is 0 Å². The van der Waals surface area contributed by atoms with E-state index >= 15 is 0 Å². The summed E-state index contributed by atoms with van der Waals surface area (Å²) in [6.45, 7) is 0. The van der Waals surface area contributed by atoms with Crippen molar-refractivity contribution in [3.8, 4) is 0 Å². The van der Waals surface area contributed by atoms with Crippen molar-refractivity contribution in [1.29, 1.82) is 0 Å². The van der Waals surface area contributed by atoms with Gasteiger partial charge >= 0.3 is 0 Å². The lowest BCUT2D eigenvalue weighted by Crippen LogP contribution is -2.12. The van der Waals surface area contributed by atoms with Crippen molar-refractivity contribution in [2.24, 2.45) is 5.73 Å². The van der Waals surface area contributed by atoms with E-state index in [9.17, 15) is 4.79 Å². The zero-order valence-corrected chi connectivity index (χ0v) is 9.78. The number of pyridine rings is 1. The van der Waals surface area contributed by atoms with Gasteiger partial charge in [-0.1, -0.05) is 11.8 Å². The first-order valence-electron chi connectivity index (χ1n) is 4.94. The zero-order valence-electron chi connectivity index (χ0n) is 8.96. The second-order valence-corrected chi connectivity index (χ2v) is 4.52. The number of hydrogen-bond acceptors (Lipinski definition) is 4. The van der Waals surface area contributed by atoms with Crippen molar-refractivity contribution >= 4 is 23.4 Å². The van der Waals surface area contributed by atoms with Crippen LogP contribution in [0.25, 0.3) is 0 Å². The van der Waals surface area contributed by atoms with Crippen molar-refractivity contribution in [3.05, 3.63) is 48.3 Å². The molecule has 0 saturated heterocycles. The molecule has 0 fully saturated rings. The first-order chi connectivity index (χ1) is 8.16. The molecule has 1 aromatic carbocycles. The Labute approximate surface area is 103 Å². The molecule has 0 spiro atoms. The van der Waals surface area contributed by atoms with E-state index in [2.05, 4.69) is 4.98 Å². The van der Waals surface area contributed by atoms with Crippen LogP contribution in [0.2, 0.25) is 0 Å². The van der Waals surface area contributed by atoms with Crippen LogP contribution in [0.1, 0.15) is 10.4 Å². The molecule has 1 aromatic heterocycles. The van der Waals surface area contributed by atoms with Gasteiger partial charge in [-0.05, 0) is 30.3 Å². The van der Waals surface area contributed by atoms with E-state index in [1.165, 1.54) is 11.8 Å². The molecule has 0 aliphatic heterocycles. The van der Waals surface area contributed by atoms with Crippen molar-refractivity contribution in [2.75, 3.05) is 5.73 Å². The summed E-state index contributed by atoms with van der Waals surface area (Å²) >= 11 is 1.44. The summed E-state index contributed by atoms with van der Waals surface area (Å²) in [4.78, 5) is 16.9. The van der Waals surface area contributed by atoms with E-state index in [4.69, 9.17) is 11.5 Å². The van der Waals surface area contributed by atoms with Crippen molar-refractivity contribution in [2.45, 2.75) is 9.79 Å². The van der Waals surface area contributed by atoms with Crippen LogP contribution in [0.5, 0.6) is 0 Å². The highest BCUT2D eigenvalue weighted by molar-refractivity contribution is 7.99. The molecule has 2 aromatic rings. The maximum absolute atomic E-state index is 11.3. The quantitative estimate of drug-likeness (QED) is 0.809. The average molecular weight is 245 g/mol. The van der Waals surface area contributed by atoms with Crippen LogP contribution in [0, 0.1) is 0 Å². The van der Waals surface area contributed by atoms with Gasteiger partial charge in [0.1, 0.15) is 0 Å². The molecule has 4 nitrogen and oxygen atoms in total. The summed E-state index contributed by atoms with van der Waals surface area (Å²) in [6.07, 6.45) is 3.39. The average Bonchev–Trinajstić information content (AvgIpc) is 2.30. The smallest absolute Gasteiger partial charge is 0.249 e. The number of hydrogen-bond donors (Lipinski definition) is 2. The molecule has 0 saturated carbocycles. The van der Waals surface area contributed by atoms with Gasteiger partial charge in [-0.15, -0.1) is 0 Å². The Kier molecular flexibility index (Phi) is 3.30. The number of carbonyl (C=O) groups is 1. The third-order valence-electron chi connectivity index (χ3n) is 2.15. The van der Waals surface area contributed by atoms with Gasteiger partial charge in [0.05, 0.1) is 5.56 Å². The topological polar surface area (TPSA) is 82.0 Å². The van der Waals surface area contributed by atoms with E-state index in [1.807, 2.05) is 12.1 Å². The monoisotopic (exact) mass is 245 g/mol. The Morgan fingerprint density at radius 1 is 1.18 bits per heavy atom. The molecule has 0 radical (unpaired) electrons. The molecule has 0 unspecified atom stereocenters. The summed E-state index contributed by atoms with van der Waals surface area (Å²) in [5.74, 6) is -0.457. The van der Waals surface area contributed by atoms with Gasteiger partial charge in [0.2, 0.25) is 5.91 Å². The van der Waals surface area contributed by atoms with Gasteiger partial charge in [-0.25, -0.2) is 0 Å². The Morgan fingerprint density at radius 2 is 1.88 bits per heavy atom. The minimum Gasteiger partial charge on any atom is -0.399 e. The highest BCUT2D eigenvalue weighted by atomic mass is 32.2. The number of rotatable bonds is 3. The van der Waals surface area contributed by atoms with Crippen LogP contribution >= 0.6 is 11.8 Å². The van der Waals surface area contributed by atoms with Crippen LogP contribution in [0.15, 0.2) is 52.5 Å². The summed E-state index contributed by atoms with van der Waals surface area (Å²) < 4.78 is 0. The van der Waals surface area contributed by atoms with Crippen LogP contribution < -0.4 is 11.5 Å². The third-order valence-corrected chi connectivity index (χ3v) is 3.21. The number of nitrogens with two attached hydrogens (primary N) is 2. The number of carbonyl (C=O) groups excluding carboxylic acids is 1. The number of nitrogen functional groups attached to an aromatic ring is 1. The van der Waals surface area contributed by atoms with E-state index in [-0.39, 0.29) is 0 Å². The Hall–Kier alpha value is -2.01. The fourth-order valence-electron chi connectivity index (χ4n) is 1.36. The molecular formula is C12H11N3OS. The predicted molar refractivity (Wildman–Crippen MR) is 67.7 cm³/mol. The van der Waals surface area contributed by atoms with Crippen LogP contribution in [0.4, 0.5) is 5.69 Å². The molecule has 5 heteroatoms. The Morgan fingerprint density at radius 3 is 2.53 bits per heavy atom. The van der Waals surface area contributed by atoms with E-state index < -0.39 is 5.91 Å². The van der Waals surface area contributed by atoms with Gasteiger partial charge in [-0.2, -0.15) is 0 Å².